The summed E-state index contributed by atoms with van der Waals surface area (Å²) >= 11 is 0. The molecule has 1 nitrogen and oxygen atoms in total. The molecule has 6 rings (SSSR count). The fourth-order valence-electron chi connectivity index (χ4n) is 5.83. The zero-order valence-electron chi connectivity index (χ0n) is 19.7. The van der Waals surface area contributed by atoms with E-state index in [0.717, 1.165) is 11.8 Å². The molecule has 0 aliphatic heterocycles. The van der Waals surface area contributed by atoms with Crippen LogP contribution < -0.4 is 0 Å². The highest BCUT2D eigenvalue weighted by Gasteiger charge is 2.33. The topological polar surface area (TPSA) is 17.1 Å². The SMILES string of the molecule is O=Cc1ccc2c(c1)C1CCCC1C=C2c1ccc(C=C(c2ccccc2)c2ccccc2)cc1. The highest BCUT2D eigenvalue weighted by Crippen LogP contribution is 2.49. The Labute approximate surface area is 207 Å². The minimum absolute atomic E-state index is 0.551. The Bertz CT molecular complexity index is 1370. The molecule has 0 amide bonds. The zero-order chi connectivity index (χ0) is 23.6. The number of hydrogen-bond acceptors (Lipinski definition) is 1. The van der Waals surface area contributed by atoms with E-state index in [9.17, 15) is 4.79 Å². The third-order valence-electron chi connectivity index (χ3n) is 7.55. The van der Waals surface area contributed by atoms with Crippen LogP contribution in [-0.4, -0.2) is 6.29 Å². The number of aldehydes is 1. The monoisotopic (exact) mass is 452 g/mol. The number of benzene rings is 4. The normalized spacial score (nSPS) is 18.2. The molecule has 0 spiro atoms. The average molecular weight is 453 g/mol. The van der Waals surface area contributed by atoms with Crippen LogP contribution in [0.25, 0.3) is 17.2 Å². The van der Waals surface area contributed by atoms with E-state index in [1.807, 2.05) is 6.07 Å². The second kappa shape index (κ2) is 9.35. The van der Waals surface area contributed by atoms with Crippen molar-refractivity contribution >= 4 is 23.5 Å². The van der Waals surface area contributed by atoms with E-state index in [1.54, 1.807) is 0 Å². The van der Waals surface area contributed by atoms with Crippen molar-refractivity contribution < 1.29 is 4.79 Å². The molecule has 0 saturated heterocycles. The van der Waals surface area contributed by atoms with E-state index in [1.165, 1.54) is 63.8 Å². The molecule has 0 bridgehead atoms. The summed E-state index contributed by atoms with van der Waals surface area (Å²) in [5.74, 6) is 1.12. The maximum absolute atomic E-state index is 11.4. The first kappa shape index (κ1) is 21.6. The van der Waals surface area contributed by atoms with Crippen LogP contribution in [0.3, 0.4) is 0 Å². The Morgan fingerprint density at radius 3 is 2.03 bits per heavy atom. The van der Waals surface area contributed by atoms with Gasteiger partial charge in [-0.25, -0.2) is 0 Å². The summed E-state index contributed by atoms with van der Waals surface area (Å²) in [5.41, 5.74) is 10.8. The minimum Gasteiger partial charge on any atom is -0.298 e. The summed E-state index contributed by atoms with van der Waals surface area (Å²) in [7, 11) is 0. The maximum Gasteiger partial charge on any atom is 0.150 e. The van der Waals surface area contributed by atoms with E-state index in [-0.39, 0.29) is 0 Å². The second-order valence-corrected chi connectivity index (χ2v) is 9.66. The molecular weight excluding hydrogens is 424 g/mol. The maximum atomic E-state index is 11.4. The van der Waals surface area contributed by atoms with Crippen molar-refractivity contribution in [3.8, 4) is 0 Å². The van der Waals surface area contributed by atoms with Crippen LogP contribution in [0.2, 0.25) is 0 Å². The lowest BCUT2D eigenvalue weighted by molar-refractivity contribution is 0.112. The Balaban J connectivity index is 1.39. The Morgan fingerprint density at radius 1 is 0.714 bits per heavy atom. The molecule has 35 heavy (non-hydrogen) atoms. The Morgan fingerprint density at radius 2 is 1.37 bits per heavy atom. The lowest BCUT2D eigenvalue weighted by Crippen LogP contribution is -2.13. The second-order valence-electron chi connectivity index (χ2n) is 9.66. The third-order valence-corrected chi connectivity index (χ3v) is 7.55. The van der Waals surface area contributed by atoms with Gasteiger partial charge >= 0.3 is 0 Å². The van der Waals surface area contributed by atoms with Crippen LogP contribution >= 0.6 is 0 Å². The van der Waals surface area contributed by atoms with Gasteiger partial charge in [-0.2, -0.15) is 0 Å². The Hall–Kier alpha value is -3.97. The van der Waals surface area contributed by atoms with Gasteiger partial charge in [-0.15, -0.1) is 0 Å². The van der Waals surface area contributed by atoms with E-state index in [0.29, 0.717) is 11.8 Å². The lowest BCUT2D eigenvalue weighted by Gasteiger charge is -2.28. The summed E-state index contributed by atoms with van der Waals surface area (Å²) in [6, 6.07) is 36.3. The average Bonchev–Trinajstić information content (AvgIpc) is 3.41. The predicted molar refractivity (Wildman–Crippen MR) is 145 cm³/mol. The van der Waals surface area contributed by atoms with Gasteiger partial charge in [-0.1, -0.05) is 110 Å². The van der Waals surface area contributed by atoms with Crippen molar-refractivity contribution in [3.05, 3.63) is 148 Å². The zero-order valence-corrected chi connectivity index (χ0v) is 19.7. The van der Waals surface area contributed by atoms with Gasteiger partial charge in [0.1, 0.15) is 6.29 Å². The number of carbonyl (C=O) groups is 1. The number of allylic oxidation sites excluding steroid dienone is 1. The summed E-state index contributed by atoms with van der Waals surface area (Å²) in [6.45, 7) is 0. The van der Waals surface area contributed by atoms with Crippen LogP contribution in [0.1, 0.15) is 68.9 Å². The van der Waals surface area contributed by atoms with Gasteiger partial charge in [-0.3, -0.25) is 4.79 Å². The molecule has 2 atom stereocenters. The molecule has 0 N–H and O–H groups in total. The van der Waals surface area contributed by atoms with Gasteiger partial charge in [-0.05, 0) is 81.3 Å². The molecule has 4 aromatic carbocycles. The standard InChI is InChI=1S/C34H28O/c35-23-25-16-19-31-33(22-29-12-7-13-30(29)34(31)21-25)28-17-14-24(15-18-28)20-32(26-8-3-1-4-9-26)27-10-5-2-6-11-27/h1-6,8-11,14-23,29-30H,7,12-13H2. The van der Waals surface area contributed by atoms with Crippen LogP contribution in [0.15, 0.2) is 109 Å². The van der Waals surface area contributed by atoms with Gasteiger partial charge in [0.05, 0.1) is 0 Å². The van der Waals surface area contributed by atoms with E-state index in [2.05, 4.69) is 109 Å². The van der Waals surface area contributed by atoms with Crippen molar-refractivity contribution in [2.24, 2.45) is 5.92 Å². The van der Waals surface area contributed by atoms with Crippen LogP contribution in [-0.2, 0) is 0 Å². The van der Waals surface area contributed by atoms with Crippen molar-refractivity contribution in [3.63, 3.8) is 0 Å². The highest BCUT2D eigenvalue weighted by molar-refractivity contribution is 5.92. The Kier molecular flexibility index (Phi) is 5.76. The molecule has 1 saturated carbocycles. The van der Waals surface area contributed by atoms with E-state index < -0.39 is 0 Å². The van der Waals surface area contributed by atoms with Crippen molar-refractivity contribution in [2.75, 3.05) is 0 Å². The molecule has 2 aliphatic carbocycles. The first-order chi connectivity index (χ1) is 17.3. The van der Waals surface area contributed by atoms with Gasteiger partial charge < -0.3 is 0 Å². The fraction of sp³-hybridized carbons (Fsp3) is 0.147. The number of carbonyl (C=O) groups excluding carboxylic acids is 1. The summed E-state index contributed by atoms with van der Waals surface area (Å²) in [4.78, 5) is 11.4. The highest BCUT2D eigenvalue weighted by atomic mass is 16.1. The smallest absolute Gasteiger partial charge is 0.150 e. The third kappa shape index (κ3) is 4.19. The minimum atomic E-state index is 0.551. The molecule has 2 unspecified atom stereocenters. The molecule has 0 aromatic heterocycles. The molecular formula is C34H28O. The first-order valence-electron chi connectivity index (χ1n) is 12.5. The molecule has 1 fully saturated rings. The molecule has 0 radical (unpaired) electrons. The molecule has 1 heteroatoms. The lowest BCUT2D eigenvalue weighted by atomic mass is 9.76. The van der Waals surface area contributed by atoms with Crippen LogP contribution in [0, 0.1) is 5.92 Å². The largest absolute Gasteiger partial charge is 0.298 e. The van der Waals surface area contributed by atoms with Gasteiger partial charge in [0.25, 0.3) is 0 Å². The molecule has 4 aromatic rings. The summed E-state index contributed by atoms with van der Waals surface area (Å²) in [6.07, 6.45) is 9.45. The van der Waals surface area contributed by atoms with E-state index in [4.69, 9.17) is 0 Å². The molecule has 170 valence electrons. The summed E-state index contributed by atoms with van der Waals surface area (Å²) < 4.78 is 0. The van der Waals surface area contributed by atoms with Crippen LogP contribution in [0.4, 0.5) is 0 Å². The quantitative estimate of drug-likeness (QED) is 0.219. The van der Waals surface area contributed by atoms with Crippen molar-refractivity contribution in [2.45, 2.75) is 25.2 Å². The van der Waals surface area contributed by atoms with Crippen molar-refractivity contribution in [1.82, 2.24) is 0 Å². The number of fused-ring (bicyclic) bond motifs is 3. The van der Waals surface area contributed by atoms with Crippen molar-refractivity contribution in [1.29, 1.82) is 0 Å². The molecule has 0 heterocycles. The van der Waals surface area contributed by atoms with Crippen LogP contribution in [0.5, 0.6) is 0 Å². The van der Waals surface area contributed by atoms with E-state index >= 15 is 0 Å². The number of hydrogen-bond donors (Lipinski definition) is 0. The molecule has 2 aliphatic rings. The fourth-order valence-corrected chi connectivity index (χ4v) is 5.83. The van der Waals surface area contributed by atoms with Gasteiger partial charge in [0, 0.05) is 5.56 Å². The van der Waals surface area contributed by atoms with Gasteiger partial charge in [0.15, 0.2) is 0 Å². The number of rotatable bonds is 5. The first-order valence-corrected chi connectivity index (χ1v) is 12.5. The van der Waals surface area contributed by atoms with Gasteiger partial charge in [0.2, 0.25) is 0 Å². The predicted octanol–water partition coefficient (Wildman–Crippen LogP) is 8.42. The summed E-state index contributed by atoms with van der Waals surface area (Å²) in [5, 5.41) is 0.